The van der Waals surface area contributed by atoms with Crippen molar-refractivity contribution in [2.75, 3.05) is 10.6 Å². The van der Waals surface area contributed by atoms with Crippen LogP contribution in [-0.2, 0) is 6.18 Å². The van der Waals surface area contributed by atoms with Gasteiger partial charge in [-0.3, -0.25) is 9.59 Å². The molecule has 4 aromatic carbocycles. The number of nitrogen functional groups attached to an aromatic ring is 1. The molecule has 0 radical (unpaired) electrons. The number of carbonyl (C=O) groups is 2. The first kappa shape index (κ1) is 22.2. The first-order valence-electron chi connectivity index (χ1n) is 10.3. The number of carbonyl (C=O) groups excluding carboxylic acids is 2. The highest BCUT2D eigenvalue weighted by Crippen LogP contribution is 2.42. The zero-order valence-electron chi connectivity index (χ0n) is 17.7. The van der Waals surface area contributed by atoms with Gasteiger partial charge in [0, 0.05) is 26.7 Å². The SMILES string of the molecule is Cc1cc(N)ccc1-c1ccc(N2C(=O)c3cccc4c(Br)ccc(c34)C2=O)cc1C(F)(F)F. The Bertz CT molecular complexity index is 1510. The molecule has 1 aliphatic heterocycles. The Labute approximate surface area is 200 Å². The van der Waals surface area contributed by atoms with Crippen LogP contribution in [0.15, 0.2) is 71.2 Å². The smallest absolute Gasteiger partial charge is 0.399 e. The molecule has 0 aromatic heterocycles. The maximum Gasteiger partial charge on any atom is 0.417 e. The molecule has 0 spiro atoms. The third-order valence-corrected chi connectivity index (χ3v) is 6.65. The molecule has 4 aromatic rings. The van der Waals surface area contributed by atoms with Crippen LogP contribution in [0.1, 0.15) is 31.8 Å². The molecule has 0 bridgehead atoms. The molecule has 170 valence electrons. The van der Waals surface area contributed by atoms with E-state index in [0.29, 0.717) is 32.1 Å². The third-order valence-electron chi connectivity index (χ3n) is 5.96. The first-order valence-corrected chi connectivity index (χ1v) is 11.0. The lowest BCUT2D eigenvalue weighted by molar-refractivity contribution is -0.137. The molecule has 0 atom stereocenters. The quantitative estimate of drug-likeness (QED) is 0.227. The van der Waals surface area contributed by atoms with Gasteiger partial charge >= 0.3 is 6.18 Å². The molecular weight excluding hydrogens is 509 g/mol. The van der Waals surface area contributed by atoms with Crippen LogP contribution in [-0.4, -0.2) is 11.8 Å². The minimum atomic E-state index is -4.72. The van der Waals surface area contributed by atoms with E-state index in [1.54, 1.807) is 43.3 Å². The van der Waals surface area contributed by atoms with E-state index in [0.717, 1.165) is 11.0 Å². The van der Waals surface area contributed by atoms with Crippen LogP contribution in [0.5, 0.6) is 0 Å². The summed E-state index contributed by atoms with van der Waals surface area (Å²) in [7, 11) is 0. The van der Waals surface area contributed by atoms with E-state index in [2.05, 4.69) is 15.9 Å². The summed E-state index contributed by atoms with van der Waals surface area (Å²) < 4.78 is 43.1. The van der Waals surface area contributed by atoms with E-state index in [1.165, 1.54) is 24.3 Å². The number of hydrogen-bond donors (Lipinski definition) is 1. The summed E-state index contributed by atoms with van der Waals surface area (Å²) in [6.07, 6.45) is -4.72. The summed E-state index contributed by atoms with van der Waals surface area (Å²) in [6.45, 7) is 1.67. The average Bonchev–Trinajstić information content (AvgIpc) is 2.78. The minimum absolute atomic E-state index is 0.0583. The lowest BCUT2D eigenvalue weighted by atomic mass is 9.92. The average molecular weight is 525 g/mol. The second-order valence-corrected chi connectivity index (χ2v) is 8.93. The summed E-state index contributed by atoms with van der Waals surface area (Å²) in [5.41, 5.74) is 6.49. The van der Waals surface area contributed by atoms with Crippen molar-refractivity contribution >= 4 is 49.9 Å². The van der Waals surface area contributed by atoms with Gasteiger partial charge in [0.1, 0.15) is 0 Å². The molecule has 0 unspecified atom stereocenters. The largest absolute Gasteiger partial charge is 0.417 e. The number of amides is 2. The fourth-order valence-corrected chi connectivity index (χ4v) is 4.89. The number of imide groups is 1. The van der Waals surface area contributed by atoms with E-state index in [1.807, 2.05) is 0 Å². The van der Waals surface area contributed by atoms with Crippen molar-refractivity contribution in [1.82, 2.24) is 0 Å². The normalized spacial score (nSPS) is 13.6. The minimum Gasteiger partial charge on any atom is -0.399 e. The predicted molar refractivity (Wildman–Crippen MR) is 129 cm³/mol. The summed E-state index contributed by atoms with van der Waals surface area (Å²) in [6, 6.07) is 16.4. The Kier molecular flexibility index (Phi) is 5.02. The van der Waals surface area contributed by atoms with Crippen molar-refractivity contribution in [2.45, 2.75) is 13.1 Å². The molecule has 1 heterocycles. The van der Waals surface area contributed by atoms with Crippen LogP contribution in [0.25, 0.3) is 21.9 Å². The molecule has 2 amide bonds. The maximum absolute atomic E-state index is 14.1. The fourth-order valence-electron chi connectivity index (χ4n) is 4.42. The van der Waals surface area contributed by atoms with Gasteiger partial charge in [-0.15, -0.1) is 0 Å². The highest BCUT2D eigenvalue weighted by atomic mass is 79.9. The van der Waals surface area contributed by atoms with Crippen LogP contribution in [0.3, 0.4) is 0 Å². The zero-order chi connectivity index (χ0) is 24.4. The van der Waals surface area contributed by atoms with E-state index in [9.17, 15) is 22.8 Å². The molecule has 34 heavy (non-hydrogen) atoms. The van der Waals surface area contributed by atoms with Crippen molar-refractivity contribution in [2.24, 2.45) is 0 Å². The molecular formula is C26H16BrF3N2O2. The zero-order valence-corrected chi connectivity index (χ0v) is 19.3. The molecule has 4 nitrogen and oxygen atoms in total. The first-order chi connectivity index (χ1) is 16.1. The van der Waals surface area contributed by atoms with E-state index < -0.39 is 23.6 Å². The summed E-state index contributed by atoms with van der Waals surface area (Å²) >= 11 is 3.42. The molecule has 0 aliphatic carbocycles. The highest BCUT2D eigenvalue weighted by Gasteiger charge is 2.38. The summed E-state index contributed by atoms with van der Waals surface area (Å²) in [4.78, 5) is 27.5. The number of halogens is 4. The van der Waals surface area contributed by atoms with Gasteiger partial charge in [0.15, 0.2) is 0 Å². The van der Waals surface area contributed by atoms with Crippen molar-refractivity contribution < 1.29 is 22.8 Å². The highest BCUT2D eigenvalue weighted by molar-refractivity contribution is 9.10. The van der Waals surface area contributed by atoms with E-state index in [4.69, 9.17) is 5.73 Å². The molecule has 0 fully saturated rings. The van der Waals surface area contributed by atoms with Gasteiger partial charge in [-0.2, -0.15) is 13.2 Å². The molecule has 0 saturated carbocycles. The van der Waals surface area contributed by atoms with Gasteiger partial charge in [-0.25, -0.2) is 4.90 Å². The molecule has 8 heteroatoms. The molecule has 1 aliphatic rings. The second kappa shape index (κ2) is 7.70. The van der Waals surface area contributed by atoms with Gasteiger partial charge in [-0.05, 0) is 71.5 Å². The van der Waals surface area contributed by atoms with Crippen molar-refractivity contribution in [3.63, 3.8) is 0 Å². The Morgan fingerprint density at radius 2 is 1.47 bits per heavy atom. The maximum atomic E-state index is 14.1. The molecule has 0 saturated heterocycles. The van der Waals surface area contributed by atoms with Crippen LogP contribution in [0.4, 0.5) is 24.5 Å². The lowest BCUT2D eigenvalue weighted by Gasteiger charge is -2.28. The van der Waals surface area contributed by atoms with Crippen LogP contribution >= 0.6 is 15.9 Å². The van der Waals surface area contributed by atoms with Crippen molar-refractivity contribution in [3.05, 3.63) is 93.5 Å². The number of anilines is 2. The monoisotopic (exact) mass is 524 g/mol. The third kappa shape index (κ3) is 3.37. The Morgan fingerprint density at radius 3 is 2.15 bits per heavy atom. The van der Waals surface area contributed by atoms with Gasteiger partial charge in [0.05, 0.1) is 11.3 Å². The van der Waals surface area contributed by atoms with Gasteiger partial charge in [-0.1, -0.05) is 40.2 Å². The number of hydrogen-bond acceptors (Lipinski definition) is 3. The van der Waals surface area contributed by atoms with E-state index in [-0.39, 0.29) is 22.4 Å². The fraction of sp³-hybridized carbons (Fsp3) is 0.0769. The molecule has 2 N–H and O–H groups in total. The van der Waals surface area contributed by atoms with E-state index >= 15 is 0 Å². The summed E-state index contributed by atoms with van der Waals surface area (Å²) in [5, 5.41) is 1.16. The number of aryl methyl sites for hydroxylation is 1. The number of nitrogens with two attached hydrogens (primary N) is 1. The van der Waals surface area contributed by atoms with Crippen molar-refractivity contribution in [3.8, 4) is 11.1 Å². The number of rotatable bonds is 2. The standard InChI is InChI=1S/C26H16BrF3N2O2/c1-13-11-14(31)5-7-16(13)17-8-6-15(12-21(17)26(28,29)30)32-24(33)19-4-2-3-18-22(27)10-9-20(23(18)19)25(32)34/h2-12H,31H2,1H3. The van der Waals surface area contributed by atoms with Gasteiger partial charge < -0.3 is 5.73 Å². The number of benzene rings is 4. The Hall–Kier alpha value is -3.65. The number of nitrogens with zero attached hydrogens (tertiary/aromatic N) is 1. The van der Waals surface area contributed by atoms with Crippen LogP contribution < -0.4 is 10.6 Å². The van der Waals surface area contributed by atoms with Crippen LogP contribution in [0.2, 0.25) is 0 Å². The lowest BCUT2D eigenvalue weighted by Crippen LogP contribution is -2.40. The molecule has 5 rings (SSSR count). The Morgan fingerprint density at radius 1 is 0.824 bits per heavy atom. The summed E-state index contributed by atoms with van der Waals surface area (Å²) in [5.74, 6) is -1.35. The van der Waals surface area contributed by atoms with Gasteiger partial charge in [0.25, 0.3) is 11.8 Å². The van der Waals surface area contributed by atoms with Gasteiger partial charge in [0.2, 0.25) is 0 Å². The van der Waals surface area contributed by atoms with Crippen LogP contribution in [0, 0.1) is 6.92 Å². The Balaban J connectivity index is 1.70. The van der Waals surface area contributed by atoms with Crippen molar-refractivity contribution in [1.29, 1.82) is 0 Å². The topological polar surface area (TPSA) is 63.4 Å². The number of alkyl halides is 3. The second-order valence-electron chi connectivity index (χ2n) is 8.07. The predicted octanol–water partition coefficient (Wildman–Crippen LogP) is 6.98.